The van der Waals surface area contributed by atoms with Gasteiger partial charge in [0, 0.05) is 39.7 Å². The Kier molecular flexibility index (Phi) is 4.40. The topological polar surface area (TPSA) is 7.76 Å². The molecule has 0 atom stereocenters. The highest BCUT2D eigenvalue weighted by atomic mass is 15.0. The highest BCUT2D eigenvalue weighted by molar-refractivity contribution is 5.93. The minimum Gasteiger partial charge on any atom is -0.196 e. The summed E-state index contributed by atoms with van der Waals surface area (Å²) in [5.41, 5.74) is 10.8. The minimum absolute atomic E-state index is 0.00826. The van der Waals surface area contributed by atoms with Crippen LogP contribution in [0, 0.1) is 13.8 Å². The van der Waals surface area contributed by atoms with Crippen LogP contribution >= 0.6 is 0 Å². The van der Waals surface area contributed by atoms with E-state index in [4.69, 9.17) is 0 Å². The average molecular weight is 423 g/mol. The number of hydrogen-bond acceptors (Lipinski definition) is 0. The molecule has 0 aliphatic heterocycles. The molecule has 0 spiro atoms. The van der Waals surface area contributed by atoms with Crippen molar-refractivity contribution >= 4 is 10.8 Å². The Labute approximate surface area is 192 Å². The maximum absolute atomic E-state index is 2.43. The molecule has 5 rings (SSSR count). The minimum atomic E-state index is 0.00826. The number of benzene rings is 2. The molecule has 0 saturated carbocycles. The molecule has 32 heavy (non-hydrogen) atoms. The Balaban J connectivity index is 1.88. The largest absolute Gasteiger partial charge is 0.281 e. The molecule has 2 heteroatoms. The Hall–Kier alpha value is -3.00. The molecule has 2 nitrogen and oxygen atoms in total. The molecule has 1 aliphatic carbocycles. The van der Waals surface area contributed by atoms with Gasteiger partial charge in [0.2, 0.25) is 5.69 Å². The summed E-state index contributed by atoms with van der Waals surface area (Å²) in [4.78, 5) is 0. The summed E-state index contributed by atoms with van der Waals surface area (Å²) >= 11 is 0. The molecule has 2 aromatic carbocycles. The van der Waals surface area contributed by atoms with Crippen molar-refractivity contribution in [2.24, 2.45) is 14.1 Å². The monoisotopic (exact) mass is 422 g/mol. The van der Waals surface area contributed by atoms with Gasteiger partial charge in [0.1, 0.15) is 14.1 Å². The van der Waals surface area contributed by atoms with E-state index in [1.807, 2.05) is 0 Å². The predicted molar refractivity (Wildman–Crippen MR) is 133 cm³/mol. The summed E-state index contributed by atoms with van der Waals surface area (Å²) in [5, 5.41) is 2.68. The second-order valence-electron chi connectivity index (χ2n) is 10.6. The molecule has 0 amide bonds. The van der Waals surface area contributed by atoms with Crippen molar-refractivity contribution < 1.29 is 9.13 Å². The van der Waals surface area contributed by atoms with Crippen LogP contribution in [0.2, 0.25) is 0 Å². The Bertz CT molecular complexity index is 1410. The van der Waals surface area contributed by atoms with Crippen LogP contribution in [0.3, 0.4) is 0 Å². The van der Waals surface area contributed by atoms with Crippen LogP contribution in [-0.4, -0.2) is 0 Å². The second-order valence-corrected chi connectivity index (χ2v) is 10.6. The first-order valence-corrected chi connectivity index (χ1v) is 11.6. The quantitative estimate of drug-likeness (QED) is 0.332. The molecule has 4 aromatic rings. The van der Waals surface area contributed by atoms with Gasteiger partial charge in [0.05, 0.1) is 0 Å². The molecule has 2 aromatic heterocycles. The molecule has 0 N–H and O–H groups in total. The lowest BCUT2D eigenvalue weighted by Crippen LogP contribution is -2.52. The van der Waals surface area contributed by atoms with Crippen LogP contribution < -0.4 is 9.13 Å². The van der Waals surface area contributed by atoms with E-state index in [2.05, 4.69) is 126 Å². The van der Waals surface area contributed by atoms with Crippen molar-refractivity contribution in [2.75, 3.05) is 0 Å². The van der Waals surface area contributed by atoms with Crippen LogP contribution in [0.5, 0.6) is 0 Å². The molecule has 0 saturated heterocycles. The third-order valence-corrected chi connectivity index (χ3v) is 8.47. The van der Waals surface area contributed by atoms with Crippen LogP contribution in [0.25, 0.3) is 33.4 Å². The van der Waals surface area contributed by atoms with Gasteiger partial charge in [-0.1, -0.05) is 52.0 Å². The third-order valence-electron chi connectivity index (χ3n) is 8.47. The first-order chi connectivity index (χ1) is 15.1. The first-order valence-electron chi connectivity index (χ1n) is 11.6. The molecule has 2 heterocycles. The molecule has 0 unspecified atom stereocenters. The summed E-state index contributed by atoms with van der Waals surface area (Å²) in [7, 11) is 4.42. The predicted octanol–water partition coefficient (Wildman–Crippen LogP) is 6.01. The van der Waals surface area contributed by atoms with E-state index in [0.29, 0.717) is 0 Å². The number of pyridine rings is 2. The molecular formula is C30H34N2+2. The maximum atomic E-state index is 2.43. The molecule has 0 fully saturated rings. The third kappa shape index (κ3) is 2.59. The lowest BCUT2D eigenvalue weighted by Gasteiger charge is -2.45. The summed E-state index contributed by atoms with van der Waals surface area (Å²) in [5.74, 6) is 0. The lowest BCUT2D eigenvalue weighted by molar-refractivity contribution is -0.686. The van der Waals surface area contributed by atoms with Crippen molar-refractivity contribution in [3.8, 4) is 22.6 Å². The number of fused-ring (bicyclic) bond motifs is 4. The zero-order valence-corrected chi connectivity index (χ0v) is 20.7. The highest BCUT2D eigenvalue weighted by Crippen LogP contribution is 2.52. The van der Waals surface area contributed by atoms with Gasteiger partial charge >= 0.3 is 0 Å². The van der Waals surface area contributed by atoms with E-state index < -0.39 is 0 Å². The molecule has 1 aliphatic rings. The fraction of sp³-hybridized carbons (Fsp3) is 0.333. The van der Waals surface area contributed by atoms with Gasteiger partial charge in [-0.05, 0) is 53.9 Å². The van der Waals surface area contributed by atoms with E-state index in [9.17, 15) is 0 Å². The van der Waals surface area contributed by atoms with Crippen molar-refractivity contribution in [3.05, 3.63) is 83.0 Å². The second kappa shape index (κ2) is 6.75. The van der Waals surface area contributed by atoms with Gasteiger partial charge in [-0.3, -0.25) is 0 Å². The van der Waals surface area contributed by atoms with Crippen LogP contribution in [-0.2, 0) is 24.9 Å². The van der Waals surface area contributed by atoms with Gasteiger partial charge in [0.15, 0.2) is 6.20 Å². The van der Waals surface area contributed by atoms with E-state index in [-0.39, 0.29) is 10.8 Å². The molecular weight excluding hydrogens is 388 g/mol. The fourth-order valence-corrected chi connectivity index (χ4v) is 5.77. The number of hydrogen-bond donors (Lipinski definition) is 0. The first kappa shape index (κ1) is 20.9. The summed E-state index contributed by atoms with van der Waals surface area (Å²) in [6.07, 6.45) is 2.18. The Morgan fingerprint density at radius 3 is 2.00 bits per heavy atom. The van der Waals surface area contributed by atoms with Gasteiger partial charge in [-0.25, -0.2) is 0 Å². The van der Waals surface area contributed by atoms with E-state index >= 15 is 0 Å². The lowest BCUT2D eigenvalue weighted by atomic mass is 9.57. The Morgan fingerprint density at radius 2 is 1.31 bits per heavy atom. The number of aryl methyl sites for hydroxylation is 3. The van der Waals surface area contributed by atoms with E-state index in [0.717, 1.165) is 0 Å². The smallest absolute Gasteiger partial charge is 0.196 e. The summed E-state index contributed by atoms with van der Waals surface area (Å²) in [6, 6.07) is 20.3. The van der Waals surface area contributed by atoms with Gasteiger partial charge in [0.25, 0.3) is 11.4 Å². The highest BCUT2D eigenvalue weighted by Gasteiger charge is 2.52. The zero-order valence-electron chi connectivity index (χ0n) is 20.7. The molecule has 0 radical (unpaired) electrons. The number of aromatic nitrogens is 2. The SMILES string of the molecule is Cc1cc(-c2ccc3c([n+]2C)-c2c(ccc[n+]2C)C(C)(C)C3(C)C)c(C)c2ccccc12. The number of nitrogens with zero attached hydrogens (tertiary/aromatic N) is 2. The van der Waals surface area contributed by atoms with Crippen molar-refractivity contribution in [1.29, 1.82) is 0 Å². The number of rotatable bonds is 1. The summed E-state index contributed by atoms with van der Waals surface area (Å²) < 4.78 is 4.73. The van der Waals surface area contributed by atoms with Crippen molar-refractivity contribution in [2.45, 2.75) is 52.4 Å². The van der Waals surface area contributed by atoms with E-state index in [1.54, 1.807) is 0 Å². The van der Waals surface area contributed by atoms with E-state index in [1.165, 1.54) is 55.7 Å². The van der Waals surface area contributed by atoms with Crippen molar-refractivity contribution in [3.63, 3.8) is 0 Å². The molecule has 0 bridgehead atoms. The fourth-order valence-electron chi connectivity index (χ4n) is 5.77. The summed E-state index contributed by atoms with van der Waals surface area (Å²) in [6.45, 7) is 14.1. The van der Waals surface area contributed by atoms with Gasteiger partial charge < -0.3 is 0 Å². The normalized spacial score (nSPS) is 16.0. The average Bonchev–Trinajstić information content (AvgIpc) is 2.75. The van der Waals surface area contributed by atoms with Crippen LogP contribution in [0.1, 0.15) is 49.9 Å². The molecule has 162 valence electrons. The van der Waals surface area contributed by atoms with Gasteiger partial charge in [-0.15, -0.1) is 0 Å². The standard InChI is InChI=1S/C30H34N2/c1-19-18-23(20(2)22-13-10-9-12-21(19)22)26-16-15-25-28(32(26)8)27-24(14-11-17-31(27)7)29(3,4)30(25,5)6/h9-18H,1-8H3/q+2. The Morgan fingerprint density at radius 1 is 0.688 bits per heavy atom. The maximum Gasteiger partial charge on any atom is 0.281 e. The van der Waals surface area contributed by atoms with Crippen LogP contribution in [0.15, 0.2) is 60.8 Å². The van der Waals surface area contributed by atoms with Crippen LogP contribution in [0.4, 0.5) is 0 Å². The zero-order chi connectivity index (χ0) is 23.0. The van der Waals surface area contributed by atoms with Gasteiger partial charge in [-0.2, -0.15) is 9.13 Å². The van der Waals surface area contributed by atoms with Crippen molar-refractivity contribution in [1.82, 2.24) is 0 Å².